The molecule has 0 spiro atoms. The van der Waals surface area contributed by atoms with Gasteiger partial charge in [0.05, 0.1) is 22.1 Å². The van der Waals surface area contributed by atoms with E-state index in [9.17, 15) is 0 Å². The molecule has 0 bridgehead atoms. The number of aryl methyl sites for hydroxylation is 1. The molecule has 19 rings (SSSR count). The topological polar surface area (TPSA) is 61.9 Å². The van der Waals surface area contributed by atoms with Gasteiger partial charge in [-0.1, -0.05) is 212 Å². The molecule has 0 aliphatic carbocycles. The van der Waals surface area contributed by atoms with Crippen molar-refractivity contribution in [3.05, 3.63) is 303 Å². The highest BCUT2D eigenvalue weighted by molar-refractivity contribution is 6.24. The van der Waals surface area contributed by atoms with Crippen LogP contribution >= 0.6 is 0 Å². The van der Waals surface area contributed by atoms with Crippen LogP contribution in [0, 0.1) is 6.92 Å². The number of imidazole rings is 2. The zero-order valence-electron chi connectivity index (χ0n) is 49.4. The summed E-state index contributed by atoms with van der Waals surface area (Å²) in [6.07, 6.45) is 0. The van der Waals surface area contributed by atoms with Crippen LogP contribution in [-0.2, 0) is 0 Å². The van der Waals surface area contributed by atoms with Gasteiger partial charge in [0.1, 0.15) is 34.0 Å². The number of fused-ring (bicyclic) bond motifs is 12. The maximum absolute atomic E-state index is 6.81. The van der Waals surface area contributed by atoms with Gasteiger partial charge in [0.15, 0.2) is 0 Å². The molecule has 0 radical (unpaired) electrons. The first-order valence-electron chi connectivity index (χ1n) is 31.0. The van der Waals surface area contributed by atoms with E-state index >= 15 is 0 Å². The van der Waals surface area contributed by atoms with Gasteiger partial charge in [-0.2, -0.15) is 0 Å². The third kappa shape index (κ3) is 7.86. The largest absolute Gasteiger partial charge is 0.456 e. The Hall–Kier alpha value is -12.1. The van der Waals surface area contributed by atoms with E-state index in [-0.39, 0.29) is 0 Å². The van der Waals surface area contributed by atoms with Gasteiger partial charge < -0.3 is 8.83 Å². The number of para-hydroxylation sites is 4. The molecule has 4 heterocycles. The maximum atomic E-state index is 6.81. The lowest BCUT2D eigenvalue weighted by atomic mass is 9.86. The Balaban J connectivity index is 0.663. The van der Waals surface area contributed by atoms with E-state index in [2.05, 4.69) is 295 Å². The first-order chi connectivity index (χ1) is 45.0. The first kappa shape index (κ1) is 51.0. The summed E-state index contributed by atoms with van der Waals surface area (Å²) in [5.74, 6) is 1.84. The second kappa shape index (κ2) is 20.0. The van der Waals surface area contributed by atoms with Crippen molar-refractivity contribution >= 4 is 109 Å². The molecule has 15 aromatic carbocycles. The molecule has 0 unspecified atom stereocenters. The lowest BCUT2D eigenvalue weighted by Crippen LogP contribution is -1.97. The second-order valence-electron chi connectivity index (χ2n) is 23.9. The van der Waals surface area contributed by atoms with E-state index < -0.39 is 0 Å². The van der Waals surface area contributed by atoms with Crippen molar-refractivity contribution in [2.45, 2.75) is 6.92 Å². The van der Waals surface area contributed by atoms with Crippen molar-refractivity contribution in [3.8, 4) is 78.4 Å². The van der Waals surface area contributed by atoms with Crippen LogP contribution < -0.4 is 0 Å². The third-order valence-electron chi connectivity index (χ3n) is 18.9. The molecule has 91 heavy (non-hydrogen) atoms. The Kier molecular flexibility index (Phi) is 11.2. The average molecular weight is 1160 g/mol. The van der Waals surface area contributed by atoms with Gasteiger partial charge in [0.25, 0.3) is 0 Å². The van der Waals surface area contributed by atoms with Gasteiger partial charge in [-0.05, 0) is 185 Å². The summed E-state index contributed by atoms with van der Waals surface area (Å²) in [5.41, 5.74) is 22.2. The van der Waals surface area contributed by atoms with Crippen LogP contribution in [0.4, 0.5) is 0 Å². The van der Waals surface area contributed by atoms with Gasteiger partial charge in [0, 0.05) is 44.0 Å². The van der Waals surface area contributed by atoms with E-state index in [0.717, 1.165) is 128 Å². The first-order valence-corrected chi connectivity index (χ1v) is 31.0. The zero-order chi connectivity index (χ0) is 59.8. The Morgan fingerprint density at radius 2 is 0.681 bits per heavy atom. The average Bonchev–Trinajstić information content (AvgIpc) is 1.65. The highest BCUT2D eigenvalue weighted by Gasteiger charge is 2.23. The van der Waals surface area contributed by atoms with E-state index in [1.807, 2.05) is 18.2 Å². The highest BCUT2D eigenvalue weighted by atomic mass is 16.3. The van der Waals surface area contributed by atoms with Gasteiger partial charge in [-0.3, -0.25) is 9.13 Å². The number of benzene rings is 15. The molecule has 0 saturated heterocycles. The minimum absolute atomic E-state index is 0.845. The summed E-state index contributed by atoms with van der Waals surface area (Å²) in [6, 6.07) is 107. The third-order valence-corrected chi connectivity index (χ3v) is 18.9. The Bertz CT molecular complexity index is 6090. The molecule has 0 fully saturated rings. The van der Waals surface area contributed by atoms with Gasteiger partial charge in [-0.15, -0.1) is 0 Å². The molecule has 0 aliphatic heterocycles. The molecule has 0 saturated carbocycles. The molecule has 6 heteroatoms. The minimum Gasteiger partial charge on any atom is -0.456 e. The number of aromatic nitrogens is 4. The summed E-state index contributed by atoms with van der Waals surface area (Å²) in [6.45, 7) is 2.10. The SMILES string of the molecule is Cc1nc2c(-c3ccc4oc5cc(-c6c7ccccc7c(-c7ccc(-n8c(-c9ccccc9)nc9ccccc98)cc7)c7ccccc67)ccc5c4c3)cccc2n1-c1ccc(-c2c3ccccc3c(-c3ccc4c(c3)oc3ccccc34)c3ccccc23)cc1. The van der Waals surface area contributed by atoms with Crippen molar-refractivity contribution in [2.75, 3.05) is 0 Å². The summed E-state index contributed by atoms with van der Waals surface area (Å²) >= 11 is 0. The van der Waals surface area contributed by atoms with Crippen LogP contribution in [0.5, 0.6) is 0 Å². The fourth-order valence-electron chi connectivity index (χ4n) is 14.9. The summed E-state index contributed by atoms with van der Waals surface area (Å²) < 4.78 is 17.8. The number of rotatable bonds is 8. The van der Waals surface area contributed by atoms with E-state index in [0.29, 0.717) is 0 Å². The summed E-state index contributed by atoms with van der Waals surface area (Å²) in [7, 11) is 0. The standard InChI is InChI=1S/C85H52N4O2/c1-51-86-84-60(29-17-32-75(84)88(51)58-41-34-52(35-42-58)80-64-21-5-9-25-68(64)82(69-26-10-6-22-65(69)80)56-38-45-62-61-20-13-16-33-76(61)90-78(62)49-56)55-40-47-77-72(48-55)63-46-39-57(50-79(63)91-77)83-70-27-11-7-23-66(70)81(67-24-8-12-28-71(67)83)53-36-43-59(44-37-53)89-74-31-15-14-30-73(74)87-85(89)54-18-3-2-4-19-54/h2-50H,1H3. The maximum Gasteiger partial charge on any atom is 0.145 e. The predicted molar refractivity (Wildman–Crippen MR) is 378 cm³/mol. The van der Waals surface area contributed by atoms with Crippen molar-refractivity contribution < 1.29 is 8.83 Å². The predicted octanol–water partition coefficient (Wildman–Crippen LogP) is 23.1. The van der Waals surface area contributed by atoms with E-state index in [4.69, 9.17) is 18.8 Å². The lowest BCUT2D eigenvalue weighted by Gasteiger charge is -2.18. The molecule has 0 N–H and O–H groups in total. The Morgan fingerprint density at radius 3 is 1.24 bits per heavy atom. The molecular weight excluding hydrogens is 1110 g/mol. The molecule has 19 aromatic rings. The number of nitrogens with zero attached hydrogens (tertiary/aromatic N) is 4. The van der Waals surface area contributed by atoms with Crippen molar-refractivity contribution in [1.29, 1.82) is 0 Å². The van der Waals surface area contributed by atoms with Gasteiger partial charge >= 0.3 is 0 Å². The van der Waals surface area contributed by atoms with Crippen LogP contribution in [0.15, 0.2) is 306 Å². The molecule has 4 aromatic heterocycles. The van der Waals surface area contributed by atoms with Crippen LogP contribution in [0.1, 0.15) is 5.82 Å². The fourth-order valence-corrected chi connectivity index (χ4v) is 14.9. The molecule has 0 atom stereocenters. The Morgan fingerprint density at radius 1 is 0.264 bits per heavy atom. The highest BCUT2D eigenvalue weighted by Crippen LogP contribution is 2.48. The second-order valence-corrected chi connectivity index (χ2v) is 23.9. The van der Waals surface area contributed by atoms with Crippen molar-refractivity contribution in [1.82, 2.24) is 19.1 Å². The van der Waals surface area contributed by atoms with Crippen molar-refractivity contribution in [3.63, 3.8) is 0 Å². The van der Waals surface area contributed by atoms with Crippen LogP contribution in [-0.4, -0.2) is 19.1 Å². The van der Waals surface area contributed by atoms with Crippen LogP contribution in [0.2, 0.25) is 0 Å². The number of furan rings is 2. The van der Waals surface area contributed by atoms with Gasteiger partial charge in [0.2, 0.25) is 0 Å². The molecule has 424 valence electrons. The molecule has 6 nitrogen and oxygen atoms in total. The van der Waals surface area contributed by atoms with Gasteiger partial charge in [-0.25, -0.2) is 9.97 Å². The summed E-state index contributed by atoms with van der Waals surface area (Å²) in [4.78, 5) is 10.4. The van der Waals surface area contributed by atoms with Crippen LogP contribution in [0.25, 0.3) is 187 Å². The monoisotopic (exact) mass is 1160 g/mol. The van der Waals surface area contributed by atoms with Crippen LogP contribution in [0.3, 0.4) is 0 Å². The quantitative estimate of drug-likeness (QED) is 0.142. The lowest BCUT2D eigenvalue weighted by molar-refractivity contribution is 0.668. The number of hydrogen-bond donors (Lipinski definition) is 0. The molecule has 0 aliphatic rings. The van der Waals surface area contributed by atoms with E-state index in [1.165, 1.54) is 65.3 Å². The normalized spacial score (nSPS) is 12.0. The number of hydrogen-bond acceptors (Lipinski definition) is 4. The molecule has 0 amide bonds. The van der Waals surface area contributed by atoms with E-state index in [1.54, 1.807) is 0 Å². The zero-order valence-corrected chi connectivity index (χ0v) is 49.4. The minimum atomic E-state index is 0.845. The fraction of sp³-hybridized carbons (Fsp3) is 0.0118. The summed E-state index contributed by atoms with van der Waals surface area (Å²) in [5, 5.41) is 14.0. The molecular formula is C85H52N4O2. The Labute approximate surface area is 522 Å². The smallest absolute Gasteiger partial charge is 0.145 e. The van der Waals surface area contributed by atoms with Crippen molar-refractivity contribution in [2.24, 2.45) is 0 Å².